The Balaban J connectivity index is 2.35. The van der Waals surface area contributed by atoms with Crippen LogP contribution in [0.1, 0.15) is 0 Å². The van der Waals surface area contributed by atoms with Gasteiger partial charge in [-0.2, -0.15) is 5.10 Å². The van der Waals surface area contributed by atoms with Gasteiger partial charge in [0.2, 0.25) is 0 Å². The third-order valence-corrected chi connectivity index (χ3v) is 2.73. The van der Waals surface area contributed by atoms with Crippen molar-refractivity contribution in [2.45, 2.75) is 0 Å². The molecule has 0 amide bonds. The van der Waals surface area contributed by atoms with E-state index in [4.69, 9.17) is 0 Å². The lowest BCUT2D eigenvalue weighted by atomic mass is 10.0. The van der Waals surface area contributed by atoms with Crippen molar-refractivity contribution in [3.63, 3.8) is 0 Å². The minimum Gasteiger partial charge on any atom is -0.506 e. The molecule has 1 heterocycles. The number of aromatic hydroxyl groups is 1. The molecule has 0 spiro atoms. The maximum Gasteiger partial charge on any atom is 0.143 e. The fourth-order valence-electron chi connectivity index (χ4n) is 1.92. The van der Waals surface area contributed by atoms with Gasteiger partial charge in [0.05, 0.1) is 6.20 Å². The number of phenolic OH excluding ortho intramolecular Hbond substituents is 1. The molecule has 3 aromatic rings. The fourth-order valence-corrected chi connectivity index (χ4v) is 1.92. The van der Waals surface area contributed by atoms with E-state index in [0.29, 0.717) is 5.52 Å². The lowest BCUT2D eigenvalue weighted by molar-refractivity contribution is 0.480. The van der Waals surface area contributed by atoms with Crippen LogP contribution < -0.4 is 0 Å². The highest BCUT2D eigenvalue weighted by Crippen LogP contribution is 2.30. The summed E-state index contributed by atoms with van der Waals surface area (Å²) >= 11 is 0. The summed E-state index contributed by atoms with van der Waals surface area (Å²) in [5, 5.41) is 18.6. The van der Waals surface area contributed by atoms with Crippen LogP contribution in [0.5, 0.6) is 5.75 Å². The van der Waals surface area contributed by atoms with Crippen molar-refractivity contribution in [2.75, 3.05) is 0 Å². The van der Waals surface area contributed by atoms with Crippen LogP contribution in [0, 0.1) is 0 Å². The first kappa shape index (κ1) is 9.78. The molecule has 0 aliphatic rings. The molecule has 82 valence electrons. The van der Waals surface area contributed by atoms with Crippen LogP contribution in [0.3, 0.4) is 0 Å². The van der Waals surface area contributed by atoms with Gasteiger partial charge in [-0.1, -0.05) is 42.5 Å². The fraction of sp³-hybridized carbons (Fsp3) is 0. The van der Waals surface area contributed by atoms with Crippen molar-refractivity contribution in [1.82, 2.24) is 10.2 Å². The first-order valence-corrected chi connectivity index (χ1v) is 5.35. The van der Waals surface area contributed by atoms with Gasteiger partial charge >= 0.3 is 0 Å². The summed E-state index contributed by atoms with van der Waals surface area (Å²) in [5.74, 6) is 0.160. The summed E-state index contributed by atoms with van der Waals surface area (Å²) in [5.41, 5.74) is 2.58. The predicted molar refractivity (Wildman–Crippen MR) is 66.6 cm³/mol. The smallest absolute Gasteiger partial charge is 0.143 e. The molecule has 0 unspecified atom stereocenters. The van der Waals surface area contributed by atoms with Crippen LogP contribution in [-0.4, -0.2) is 15.3 Å². The molecule has 0 aliphatic heterocycles. The molecule has 1 aromatic heterocycles. The molecule has 0 saturated heterocycles. The summed E-state index contributed by atoms with van der Waals surface area (Å²) < 4.78 is 0. The van der Waals surface area contributed by atoms with Crippen molar-refractivity contribution in [2.24, 2.45) is 0 Å². The molecule has 3 nitrogen and oxygen atoms in total. The lowest BCUT2D eigenvalue weighted by Crippen LogP contribution is -1.88. The molecule has 0 atom stereocenters. The van der Waals surface area contributed by atoms with E-state index in [1.54, 1.807) is 12.3 Å². The summed E-state index contributed by atoms with van der Waals surface area (Å²) in [7, 11) is 0. The standard InChI is InChI=1S/C14H10N2O/c17-13-8-4-7-11-12(9-15-16-14(11)13)10-5-2-1-3-6-10/h1-9,17H. The quantitative estimate of drug-likeness (QED) is 0.688. The number of phenols is 1. The highest BCUT2D eigenvalue weighted by Gasteiger charge is 2.07. The first-order valence-electron chi connectivity index (χ1n) is 5.35. The Morgan fingerprint density at radius 3 is 2.53 bits per heavy atom. The number of nitrogens with zero attached hydrogens (tertiary/aromatic N) is 2. The van der Waals surface area contributed by atoms with Gasteiger partial charge < -0.3 is 5.11 Å². The van der Waals surface area contributed by atoms with Gasteiger partial charge in [-0.05, 0) is 11.6 Å². The van der Waals surface area contributed by atoms with E-state index in [9.17, 15) is 5.11 Å². The Labute approximate surface area is 98.4 Å². The second-order valence-electron chi connectivity index (χ2n) is 3.80. The molecule has 0 bridgehead atoms. The third kappa shape index (κ3) is 1.61. The summed E-state index contributed by atoms with van der Waals surface area (Å²) in [6.07, 6.45) is 1.72. The van der Waals surface area contributed by atoms with Gasteiger partial charge in [-0.3, -0.25) is 0 Å². The zero-order chi connectivity index (χ0) is 11.7. The van der Waals surface area contributed by atoms with Gasteiger partial charge in [0.25, 0.3) is 0 Å². The Kier molecular flexibility index (Phi) is 2.22. The average Bonchev–Trinajstić information content (AvgIpc) is 2.40. The van der Waals surface area contributed by atoms with E-state index >= 15 is 0 Å². The van der Waals surface area contributed by atoms with Crippen LogP contribution in [0.25, 0.3) is 22.0 Å². The maximum absolute atomic E-state index is 9.74. The summed E-state index contributed by atoms with van der Waals surface area (Å²) in [4.78, 5) is 0. The zero-order valence-corrected chi connectivity index (χ0v) is 9.04. The van der Waals surface area contributed by atoms with E-state index in [-0.39, 0.29) is 5.75 Å². The second-order valence-corrected chi connectivity index (χ2v) is 3.80. The van der Waals surface area contributed by atoms with E-state index < -0.39 is 0 Å². The largest absolute Gasteiger partial charge is 0.506 e. The van der Waals surface area contributed by atoms with E-state index in [1.165, 1.54) is 0 Å². The molecular formula is C14H10N2O. The Morgan fingerprint density at radius 1 is 0.882 bits per heavy atom. The number of benzene rings is 2. The van der Waals surface area contributed by atoms with Crippen LogP contribution in [0.4, 0.5) is 0 Å². The Hall–Kier alpha value is -2.42. The van der Waals surface area contributed by atoms with Crippen molar-refractivity contribution in [3.8, 4) is 16.9 Å². The molecule has 3 heteroatoms. The molecule has 0 radical (unpaired) electrons. The summed E-state index contributed by atoms with van der Waals surface area (Å²) in [6, 6.07) is 15.3. The van der Waals surface area contributed by atoms with E-state index in [1.807, 2.05) is 42.5 Å². The van der Waals surface area contributed by atoms with Crippen molar-refractivity contribution >= 4 is 10.9 Å². The molecule has 0 saturated carbocycles. The number of hydrogen-bond acceptors (Lipinski definition) is 3. The van der Waals surface area contributed by atoms with Gasteiger partial charge in [-0.15, -0.1) is 5.10 Å². The van der Waals surface area contributed by atoms with Crippen LogP contribution in [0.2, 0.25) is 0 Å². The maximum atomic E-state index is 9.74. The third-order valence-electron chi connectivity index (χ3n) is 2.73. The number of hydrogen-bond donors (Lipinski definition) is 1. The first-order chi connectivity index (χ1) is 8.36. The van der Waals surface area contributed by atoms with E-state index in [0.717, 1.165) is 16.5 Å². The molecule has 0 aliphatic carbocycles. The van der Waals surface area contributed by atoms with Gasteiger partial charge in [-0.25, -0.2) is 0 Å². The van der Waals surface area contributed by atoms with E-state index in [2.05, 4.69) is 10.2 Å². The van der Waals surface area contributed by atoms with Gasteiger partial charge in [0, 0.05) is 10.9 Å². The minimum atomic E-state index is 0.160. The zero-order valence-electron chi connectivity index (χ0n) is 9.04. The highest BCUT2D eigenvalue weighted by molar-refractivity contribution is 5.96. The van der Waals surface area contributed by atoms with Gasteiger partial charge in [0.15, 0.2) is 0 Å². The summed E-state index contributed by atoms with van der Waals surface area (Å²) in [6.45, 7) is 0. The average molecular weight is 222 g/mol. The molecule has 0 fully saturated rings. The normalized spacial score (nSPS) is 10.6. The second kappa shape index (κ2) is 3.87. The van der Waals surface area contributed by atoms with Crippen molar-refractivity contribution in [3.05, 3.63) is 54.7 Å². The molecule has 1 N–H and O–H groups in total. The number of aromatic nitrogens is 2. The molecule has 3 rings (SSSR count). The molecule has 17 heavy (non-hydrogen) atoms. The van der Waals surface area contributed by atoms with Crippen LogP contribution in [-0.2, 0) is 0 Å². The van der Waals surface area contributed by atoms with Crippen molar-refractivity contribution < 1.29 is 5.11 Å². The minimum absolute atomic E-state index is 0.160. The van der Waals surface area contributed by atoms with Crippen LogP contribution >= 0.6 is 0 Å². The van der Waals surface area contributed by atoms with Crippen LogP contribution in [0.15, 0.2) is 54.7 Å². The molecular weight excluding hydrogens is 212 g/mol. The molecule has 2 aromatic carbocycles. The number of rotatable bonds is 1. The van der Waals surface area contributed by atoms with Gasteiger partial charge in [0.1, 0.15) is 11.3 Å². The SMILES string of the molecule is Oc1cccc2c(-c3ccccc3)cnnc12. The Bertz CT molecular complexity index is 665. The highest BCUT2D eigenvalue weighted by atomic mass is 16.3. The number of fused-ring (bicyclic) bond motifs is 1. The topological polar surface area (TPSA) is 46.0 Å². The predicted octanol–water partition coefficient (Wildman–Crippen LogP) is 3.00. The Morgan fingerprint density at radius 2 is 1.71 bits per heavy atom. The van der Waals surface area contributed by atoms with Crippen molar-refractivity contribution in [1.29, 1.82) is 0 Å². The lowest BCUT2D eigenvalue weighted by Gasteiger charge is -2.05. The monoisotopic (exact) mass is 222 g/mol.